The quantitative estimate of drug-likeness (QED) is 0.135. The molecule has 0 aromatic rings. The number of hydrogen-bond donors (Lipinski definition) is 0. The van der Waals surface area contributed by atoms with E-state index < -0.39 is 69.0 Å². The zero-order valence-electron chi connectivity index (χ0n) is 74.1. The van der Waals surface area contributed by atoms with Crippen LogP contribution in [0.1, 0.15) is 410 Å². The summed E-state index contributed by atoms with van der Waals surface area (Å²) in [6.45, 7) is 90.7. The molecule has 98 heavy (non-hydrogen) atoms. The van der Waals surface area contributed by atoms with Gasteiger partial charge in [-0.15, -0.1) is 0 Å². The molecule has 0 aliphatic heterocycles. The second-order valence-electron chi connectivity index (χ2n) is 38.2. The molecule has 0 amide bonds. The van der Waals surface area contributed by atoms with Crippen molar-refractivity contribution in [3.63, 3.8) is 0 Å². The molecule has 0 aliphatic carbocycles. The van der Waals surface area contributed by atoms with Crippen LogP contribution in [0.15, 0.2) is 0 Å². The first kappa shape index (κ1) is 121. The Hall–Kier alpha value is -1.12. The van der Waals surface area contributed by atoms with Gasteiger partial charge in [-0.1, -0.05) is 313 Å². The van der Waals surface area contributed by atoms with Crippen molar-refractivity contribution in [2.24, 2.45) is 65.0 Å². The molecule has 0 nitrogen and oxygen atoms in total. The van der Waals surface area contributed by atoms with Gasteiger partial charge < -0.3 is 0 Å². The Morgan fingerprint density at radius 1 is 0.133 bits per heavy atom. The van der Waals surface area contributed by atoms with Crippen LogP contribution in [-0.4, -0.2) is 58.2 Å². The second-order valence-corrected chi connectivity index (χ2v) is 38.2. The lowest BCUT2D eigenvalue weighted by molar-refractivity contribution is -0.185. The third-order valence-electron chi connectivity index (χ3n) is 24.2. The van der Waals surface area contributed by atoms with E-state index in [1.807, 2.05) is 0 Å². The first-order valence-corrected chi connectivity index (χ1v) is 36.4. The zero-order chi connectivity index (χ0) is 84.1. The van der Waals surface area contributed by atoms with Crippen molar-refractivity contribution in [2.75, 3.05) is 0 Å². The molecule has 0 saturated carbocycles. The van der Waals surface area contributed by atoms with Crippen molar-refractivity contribution >= 4 is 0 Å². The predicted octanol–water partition coefficient (Wildman–Crippen LogP) is 34.2. The van der Waals surface area contributed by atoms with E-state index in [0.717, 1.165) is 41.5 Å². The van der Waals surface area contributed by atoms with Crippen LogP contribution < -0.4 is 0 Å². The van der Waals surface area contributed by atoms with Gasteiger partial charge in [0.2, 0.25) is 11.8 Å². The zero-order valence-corrected chi connectivity index (χ0v) is 74.1. The molecule has 0 fully saturated rings. The maximum Gasteiger partial charge on any atom is 0.307 e. The summed E-state index contributed by atoms with van der Waals surface area (Å²) in [7, 11) is 0. The van der Waals surface area contributed by atoms with Gasteiger partial charge in [0, 0.05) is 38.5 Å². The monoisotopic (exact) mass is 1460 g/mol. The van der Waals surface area contributed by atoms with Gasteiger partial charge in [0.1, 0.15) is 11.3 Å². The fourth-order valence-corrected chi connectivity index (χ4v) is 5.85. The fourth-order valence-electron chi connectivity index (χ4n) is 5.85. The summed E-state index contributed by atoms with van der Waals surface area (Å²) in [6, 6.07) is 0. The molecule has 0 saturated heterocycles. The minimum absolute atomic E-state index is 0.188. The second kappa shape index (κ2) is 43.5. The van der Waals surface area contributed by atoms with E-state index in [4.69, 9.17) is 0 Å². The molecule has 0 atom stereocenters. The van der Waals surface area contributed by atoms with Gasteiger partial charge in [-0.3, -0.25) is 0 Å². The molecule has 0 aromatic carbocycles. The lowest BCUT2D eigenvalue weighted by atomic mass is 9.65. The van der Waals surface area contributed by atoms with E-state index in [2.05, 4.69) is 208 Å². The SMILES string of the molecule is CC(C)(C)C(C)(F)F.CC(C)(C)C(C)(F)F.CC(C)(F)C(C)(C)F.CC(C)(F)C(C)(F)F.CC(C)(F)C(C)(F)F.CC(F)(F)C(C)(F)F.CCC(C)(C)C(C)(C)CC.CCC(C)(C)C(C)(C)CC.CCC(C)(CC)C(C)(C)C.CCC(C)(CC)C(C)(C)C.CCC(C)(CC)C(C)(C)C. The van der Waals surface area contributed by atoms with Gasteiger partial charge >= 0.3 is 11.8 Å². The normalized spacial score (nSPS) is 14.0. The van der Waals surface area contributed by atoms with Crippen LogP contribution in [0.4, 0.5) is 70.2 Å². The van der Waals surface area contributed by atoms with Gasteiger partial charge in [0.15, 0.2) is 11.3 Å². The van der Waals surface area contributed by atoms with Crippen molar-refractivity contribution in [1.29, 1.82) is 0 Å². The lowest BCUT2D eigenvalue weighted by Gasteiger charge is -2.40. The summed E-state index contributed by atoms with van der Waals surface area (Å²) in [4.78, 5) is 0. The van der Waals surface area contributed by atoms with Crippen molar-refractivity contribution in [1.82, 2.24) is 0 Å². The van der Waals surface area contributed by atoms with Crippen LogP contribution in [0.25, 0.3) is 0 Å². The van der Waals surface area contributed by atoms with Gasteiger partial charge in [0.25, 0.3) is 11.8 Å². The third-order valence-corrected chi connectivity index (χ3v) is 24.2. The average molecular weight is 1460 g/mol. The highest BCUT2D eigenvalue weighted by Gasteiger charge is 2.48. The summed E-state index contributed by atoms with van der Waals surface area (Å²) in [6.07, 6.45) is 12.8. The molecule has 0 unspecified atom stereocenters. The molecule has 0 heterocycles. The molecule has 0 bridgehead atoms. The molecule has 0 spiro atoms. The average Bonchev–Trinajstić information content (AvgIpc) is 0.843. The van der Waals surface area contributed by atoms with E-state index >= 15 is 0 Å². The van der Waals surface area contributed by atoms with E-state index in [9.17, 15) is 70.2 Å². The Morgan fingerprint density at radius 2 is 0.224 bits per heavy atom. The Labute approximate surface area is 601 Å². The minimum atomic E-state index is -3.90. The molecular weight excluding hydrogens is 1290 g/mol. The van der Waals surface area contributed by atoms with Gasteiger partial charge in [-0.05, 0) is 123 Å². The van der Waals surface area contributed by atoms with Crippen LogP contribution >= 0.6 is 0 Å². The van der Waals surface area contributed by atoms with Gasteiger partial charge in [-0.25, -0.2) is 70.2 Å². The van der Waals surface area contributed by atoms with E-state index in [1.54, 1.807) is 0 Å². The topological polar surface area (TPSA) is 0 Å². The molecule has 0 radical (unpaired) electrons. The van der Waals surface area contributed by atoms with Crippen molar-refractivity contribution in [3.8, 4) is 0 Å². The van der Waals surface area contributed by atoms with E-state index in [1.165, 1.54) is 133 Å². The van der Waals surface area contributed by atoms with Crippen LogP contribution in [-0.2, 0) is 0 Å². The Morgan fingerprint density at radius 3 is 0.235 bits per heavy atom. The van der Waals surface area contributed by atoms with Crippen molar-refractivity contribution in [2.45, 2.75) is 469 Å². The highest BCUT2D eigenvalue weighted by atomic mass is 19.3. The number of halogens is 16. The van der Waals surface area contributed by atoms with Crippen molar-refractivity contribution < 1.29 is 70.2 Å². The van der Waals surface area contributed by atoms with Crippen LogP contribution in [0.3, 0.4) is 0 Å². The summed E-state index contributed by atoms with van der Waals surface area (Å²) in [5.41, 5.74) is -5.16. The standard InChI is InChI=1S/5C10H22.3C6H12F2.2C5H9F3.C4H6F4/c2*1-7-9(3,4)10(5,6)8-2;3*1-7-10(6,8-2)9(3,4)5;1-5(2,7)6(3,4)8;2*1-5(2,3)6(4,7)8;2*1-4(2,6)5(3,7)8;1-3(5,6)4(2,7)8/h5*7-8H2,1-6H3;3*1-4H3;2*1-3H3;1-2H3. The third kappa shape index (κ3) is 51.1. The maximum absolute atomic E-state index is 12.5. The first-order chi connectivity index (χ1) is 41.4. The summed E-state index contributed by atoms with van der Waals surface area (Å²) < 4.78 is 192. The number of rotatable bonds is 16. The van der Waals surface area contributed by atoms with Crippen LogP contribution in [0.2, 0.25) is 0 Å². The number of hydrogen-bond acceptors (Lipinski definition) is 0. The minimum Gasteiger partial charge on any atom is -0.241 e. The first-order valence-electron chi connectivity index (χ1n) is 36.4. The Bertz CT molecular complexity index is 1540. The van der Waals surface area contributed by atoms with E-state index in [0.29, 0.717) is 68.0 Å². The Balaban J connectivity index is -0.0000000945. The number of alkyl halides is 16. The molecule has 610 valence electrons. The van der Waals surface area contributed by atoms with Crippen molar-refractivity contribution in [3.05, 3.63) is 0 Å². The summed E-state index contributed by atoms with van der Waals surface area (Å²) in [5.74, 6) is -19.4. The molecular formula is C82H170F16. The Kier molecular flexibility index (Phi) is 53.6. The molecule has 16 heteroatoms. The highest BCUT2D eigenvalue weighted by molar-refractivity contribution is 4.89. The van der Waals surface area contributed by atoms with Crippen LogP contribution in [0, 0.1) is 65.0 Å². The van der Waals surface area contributed by atoms with Gasteiger partial charge in [0.05, 0.1) is 0 Å². The smallest absolute Gasteiger partial charge is 0.241 e. The maximum atomic E-state index is 12.5. The summed E-state index contributed by atoms with van der Waals surface area (Å²) in [5, 5.41) is 0. The summed E-state index contributed by atoms with van der Waals surface area (Å²) >= 11 is 0. The lowest BCUT2D eigenvalue weighted by Crippen LogP contribution is -2.36. The predicted molar refractivity (Wildman–Crippen MR) is 404 cm³/mol. The van der Waals surface area contributed by atoms with E-state index in [-0.39, 0.29) is 13.8 Å². The van der Waals surface area contributed by atoms with Crippen LogP contribution in [0.5, 0.6) is 0 Å². The molecule has 0 aliphatic rings. The fraction of sp³-hybridized carbons (Fsp3) is 1.00. The largest absolute Gasteiger partial charge is 0.307 e. The molecule has 0 aromatic heterocycles. The molecule has 0 rings (SSSR count). The highest BCUT2D eigenvalue weighted by Crippen LogP contribution is 2.48. The molecule has 0 N–H and O–H groups in total. The van der Waals surface area contributed by atoms with Gasteiger partial charge in [-0.2, -0.15) is 0 Å².